The highest BCUT2D eigenvalue weighted by Gasteiger charge is 2.23. The highest BCUT2D eigenvalue weighted by molar-refractivity contribution is 5.91. The van der Waals surface area contributed by atoms with Crippen LogP contribution in [0.5, 0.6) is 11.5 Å². The average molecular weight is 635 g/mol. The molecule has 240 valence electrons. The number of ether oxygens (including phenoxy) is 2. The topological polar surface area (TPSA) is 133 Å². The molecule has 45 heavy (non-hydrogen) atoms. The first-order valence-electron chi connectivity index (χ1n) is 13.7. The Kier molecular flexibility index (Phi) is 12.9. The Morgan fingerprint density at radius 2 is 1.71 bits per heavy atom. The third kappa shape index (κ3) is 10.1. The summed E-state index contributed by atoms with van der Waals surface area (Å²) in [6, 6.07) is 13.2. The molecule has 0 bridgehead atoms. The van der Waals surface area contributed by atoms with E-state index < -0.39 is 56.2 Å². The van der Waals surface area contributed by atoms with E-state index in [1.54, 1.807) is 7.05 Å². The lowest BCUT2D eigenvalue weighted by Crippen LogP contribution is -2.23. The number of halogens is 5. The van der Waals surface area contributed by atoms with E-state index in [9.17, 15) is 36.6 Å². The lowest BCUT2D eigenvalue weighted by Gasteiger charge is -2.19. The van der Waals surface area contributed by atoms with Gasteiger partial charge in [-0.1, -0.05) is 6.07 Å². The SMILES string of the molecule is CNCc1cc(NC(=O)CCc2cc(C(Nc3ccc(C#N)cc3)C(=O)O)ccc2OCC(F)F)cc(F)c1OC(CF)CF. The van der Waals surface area contributed by atoms with Gasteiger partial charge in [-0.05, 0) is 67.1 Å². The van der Waals surface area contributed by atoms with Crippen LogP contribution in [0.4, 0.5) is 33.3 Å². The highest BCUT2D eigenvalue weighted by atomic mass is 19.3. The van der Waals surface area contributed by atoms with Gasteiger partial charge in [0.05, 0.1) is 11.6 Å². The largest absolute Gasteiger partial charge is 0.487 e. The van der Waals surface area contributed by atoms with Crippen LogP contribution < -0.4 is 25.4 Å². The van der Waals surface area contributed by atoms with Crippen LogP contribution in [-0.4, -0.2) is 56.5 Å². The van der Waals surface area contributed by atoms with Gasteiger partial charge in [0.25, 0.3) is 6.43 Å². The second-order valence-electron chi connectivity index (χ2n) is 9.75. The molecule has 3 aromatic rings. The molecule has 14 heteroatoms. The monoisotopic (exact) mass is 634 g/mol. The Morgan fingerprint density at radius 3 is 2.31 bits per heavy atom. The first-order valence-corrected chi connectivity index (χ1v) is 13.7. The lowest BCUT2D eigenvalue weighted by atomic mass is 9.99. The average Bonchev–Trinajstić information content (AvgIpc) is 3.02. The number of amides is 1. The van der Waals surface area contributed by atoms with Gasteiger partial charge in [0.1, 0.15) is 25.7 Å². The molecule has 9 nitrogen and oxygen atoms in total. The fourth-order valence-corrected chi connectivity index (χ4v) is 4.28. The standard InChI is InChI=1S/C31H31F5N4O5/c1-38-16-21-11-23(12-25(34)30(21)45-24(13-32)14-33)39-28(41)9-5-19-10-20(4-8-26(19)44-17-27(35)36)29(31(42)43)40-22-6-2-18(15-37)3-7-22/h2-4,6-8,10-12,24,27,29,38,40H,5,9,13-14,16-17H2,1H3,(H,39,41)(H,42,43). The number of aryl methyl sites for hydroxylation is 1. The Labute approximate surface area is 256 Å². The fraction of sp³-hybridized carbons (Fsp3) is 0.323. The van der Waals surface area contributed by atoms with Gasteiger partial charge >= 0.3 is 5.97 Å². The lowest BCUT2D eigenvalue weighted by molar-refractivity contribution is -0.138. The Morgan fingerprint density at radius 1 is 1.00 bits per heavy atom. The van der Waals surface area contributed by atoms with Crippen molar-refractivity contribution in [2.24, 2.45) is 0 Å². The van der Waals surface area contributed by atoms with Gasteiger partial charge in [-0.2, -0.15) is 5.26 Å². The Hall–Kier alpha value is -4.90. The number of carboxylic acids is 1. The van der Waals surface area contributed by atoms with Crippen molar-refractivity contribution in [2.75, 3.05) is 37.6 Å². The molecule has 0 heterocycles. The van der Waals surface area contributed by atoms with Gasteiger partial charge in [-0.25, -0.2) is 26.7 Å². The first kappa shape index (κ1) is 34.6. The maximum atomic E-state index is 14.9. The molecule has 0 saturated carbocycles. The maximum absolute atomic E-state index is 14.9. The molecule has 0 spiro atoms. The number of carbonyl (C=O) groups is 2. The number of aliphatic carboxylic acids is 1. The summed E-state index contributed by atoms with van der Waals surface area (Å²) in [6.07, 6.45) is -4.58. The number of nitrogens with zero attached hydrogens (tertiary/aromatic N) is 1. The smallest absolute Gasteiger partial charge is 0.330 e. The summed E-state index contributed by atoms with van der Waals surface area (Å²) in [5.74, 6) is -3.13. The zero-order valence-corrected chi connectivity index (χ0v) is 24.1. The van der Waals surface area contributed by atoms with E-state index in [4.69, 9.17) is 14.7 Å². The molecule has 0 saturated heterocycles. The fourth-order valence-electron chi connectivity index (χ4n) is 4.28. The molecule has 1 unspecified atom stereocenters. The number of carbonyl (C=O) groups excluding carboxylic acids is 1. The maximum Gasteiger partial charge on any atom is 0.330 e. The van der Waals surface area contributed by atoms with E-state index in [1.165, 1.54) is 48.5 Å². The zero-order valence-electron chi connectivity index (χ0n) is 24.1. The Bertz CT molecular complexity index is 1500. The van der Waals surface area contributed by atoms with Crippen molar-refractivity contribution in [1.82, 2.24) is 5.32 Å². The van der Waals surface area contributed by atoms with Crippen LogP contribution in [0.3, 0.4) is 0 Å². The van der Waals surface area contributed by atoms with Crippen molar-refractivity contribution in [1.29, 1.82) is 5.26 Å². The third-order valence-electron chi connectivity index (χ3n) is 6.38. The Balaban J connectivity index is 1.81. The summed E-state index contributed by atoms with van der Waals surface area (Å²) < 4.78 is 76.9. The van der Waals surface area contributed by atoms with Gasteiger partial charge in [-0.15, -0.1) is 0 Å². The summed E-state index contributed by atoms with van der Waals surface area (Å²) in [5, 5.41) is 27.0. The number of benzene rings is 3. The third-order valence-corrected chi connectivity index (χ3v) is 6.38. The van der Waals surface area contributed by atoms with Gasteiger partial charge < -0.3 is 30.5 Å². The highest BCUT2D eigenvalue weighted by Crippen LogP contribution is 2.30. The van der Waals surface area contributed by atoms with Gasteiger partial charge in [-0.3, -0.25) is 4.79 Å². The van der Waals surface area contributed by atoms with Crippen LogP contribution in [-0.2, 0) is 22.6 Å². The number of hydrogen-bond donors (Lipinski definition) is 4. The van der Waals surface area contributed by atoms with E-state index in [0.717, 1.165) is 6.07 Å². The van der Waals surface area contributed by atoms with Crippen molar-refractivity contribution < 1.29 is 46.1 Å². The molecule has 0 aromatic heterocycles. The number of alkyl halides is 4. The molecule has 1 amide bonds. The molecule has 4 N–H and O–H groups in total. The predicted octanol–water partition coefficient (Wildman–Crippen LogP) is 5.56. The minimum Gasteiger partial charge on any atom is -0.487 e. The van der Waals surface area contributed by atoms with Gasteiger partial charge in [0, 0.05) is 36.0 Å². The minimum absolute atomic E-state index is 0.0218. The quantitative estimate of drug-likeness (QED) is 0.142. The van der Waals surface area contributed by atoms with E-state index >= 15 is 0 Å². The van der Waals surface area contributed by atoms with Crippen molar-refractivity contribution >= 4 is 23.3 Å². The molecule has 1 atom stereocenters. The number of nitrogens with one attached hydrogen (secondary N) is 3. The zero-order chi connectivity index (χ0) is 32.9. The van der Waals surface area contributed by atoms with E-state index in [1.807, 2.05) is 6.07 Å². The number of hydrogen-bond acceptors (Lipinski definition) is 7. The van der Waals surface area contributed by atoms with Crippen molar-refractivity contribution in [3.63, 3.8) is 0 Å². The summed E-state index contributed by atoms with van der Waals surface area (Å²) in [6.45, 7) is -3.22. The summed E-state index contributed by atoms with van der Waals surface area (Å²) in [4.78, 5) is 25.0. The molecule has 0 radical (unpaired) electrons. The minimum atomic E-state index is -2.79. The molecule has 3 aromatic carbocycles. The second-order valence-corrected chi connectivity index (χ2v) is 9.75. The summed E-state index contributed by atoms with van der Waals surface area (Å²) >= 11 is 0. The molecular formula is C31H31F5N4O5. The molecule has 0 fully saturated rings. The number of anilines is 2. The van der Waals surface area contributed by atoms with E-state index in [-0.39, 0.29) is 53.3 Å². The number of rotatable bonds is 17. The first-order chi connectivity index (χ1) is 21.6. The predicted molar refractivity (Wildman–Crippen MR) is 156 cm³/mol. The molecule has 0 aliphatic heterocycles. The van der Waals surface area contributed by atoms with Gasteiger partial charge in [0.15, 0.2) is 23.7 Å². The van der Waals surface area contributed by atoms with Crippen LogP contribution in [0.2, 0.25) is 0 Å². The van der Waals surface area contributed by atoms with E-state index in [2.05, 4.69) is 16.0 Å². The van der Waals surface area contributed by atoms with Crippen LogP contribution in [0, 0.1) is 17.1 Å². The van der Waals surface area contributed by atoms with Crippen molar-refractivity contribution in [3.05, 3.63) is 82.7 Å². The molecule has 3 rings (SSSR count). The van der Waals surface area contributed by atoms with Gasteiger partial charge in [0.2, 0.25) is 5.91 Å². The molecular weight excluding hydrogens is 603 g/mol. The second kappa shape index (κ2) is 16.8. The van der Waals surface area contributed by atoms with Crippen molar-refractivity contribution in [3.8, 4) is 17.6 Å². The van der Waals surface area contributed by atoms with E-state index in [0.29, 0.717) is 11.3 Å². The van der Waals surface area contributed by atoms with Crippen molar-refractivity contribution in [2.45, 2.75) is 38.0 Å². The number of nitriles is 1. The molecule has 0 aliphatic carbocycles. The van der Waals surface area contributed by atoms with Crippen LogP contribution >= 0.6 is 0 Å². The van der Waals surface area contributed by atoms with Crippen LogP contribution in [0.1, 0.15) is 34.7 Å². The summed E-state index contributed by atoms with van der Waals surface area (Å²) in [5.41, 5.74) is 1.52. The number of carboxylic acid groups (broad SMARTS) is 1. The molecule has 0 aliphatic rings. The van der Waals surface area contributed by atoms with Crippen LogP contribution in [0.25, 0.3) is 0 Å². The van der Waals surface area contributed by atoms with Crippen LogP contribution in [0.15, 0.2) is 54.6 Å². The summed E-state index contributed by atoms with van der Waals surface area (Å²) in [7, 11) is 1.56. The normalized spacial score (nSPS) is 11.6.